The van der Waals surface area contributed by atoms with E-state index in [0.717, 1.165) is 21.1 Å². The fourth-order valence-corrected chi connectivity index (χ4v) is 3.43. The molecule has 140 valence electrons. The van der Waals surface area contributed by atoms with E-state index in [4.69, 9.17) is 4.42 Å². The third-order valence-corrected chi connectivity index (χ3v) is 5.28. The Morgan fingerprint density at radius 2 is 1.79 bits per heavy atom. The van der Waals surface area contributed by atoms with E-state index in [9.17, 15) is 4.79 Å². The van der Waals surface area contributed by atoms with Crippen molar-refractivity contribution in [1.29, 1.82) is 0 Å². The van der Waals surface area contributed by atoms with Crippen LogP contribution in [0.2, 0.25) is 0 Å². The van der Waals surface area contributed by atoms with Gasteiger partial charge in [-0.2, -0.15) is 0 Å². The maximum Gasteiger partial charge on any atom is 0.256 e. The molecule has 0 aliphatic rings. The highest BCUT2D eigenvalue weighted by molar-refractivity contribution is 9.10. The Balaban J connectivity index is 1.55. The number of hydrogen-bond donors (Lipinski definition) is 1. The molecule has 1 heterocycles. The number of amides is 1. The molecule has 0 unspecified atom stereocenters. The molecule has 4 aromatic rings. The van der Waals surface area contributed by atoms with Gasteiger partial charge in [-0.15, -0.1) is 0 Å². The Bertz CT molecular complexity index is 1150. The van der Waals surface area contributed by atoms with Gasteiger partial charge in [0.05, 0.1) is 5.56 Å². The summed E-state index contributed by atoms with van der Waals surface area (Å²) in [7, 11) is 0. The van der Waals surface area contributed by atoms with Gasteiger partial charge in [-0.25, -0.2) is 4.98 Å². The lowest BCUT2D eigenvalue weighted by Gasteiger charge is -2.07. The van der Waals surface area contributed by atoms with E-state index in [1.54, 1.807) is 6.07 Å². The first-order valence-corrected chi connectivity index (χ1v) is 9.87. The Morgan fingerprint density at radius 1 is 1.04 bits per heavy atom. The number of carbonyl (C=O) groups is 1. The number of rotatable bonds is 4. The van der Waals surface area contributed by atoms with Gasteiger partial charge in [0.2, 0.25) is 5.89 Å². The van der Waals surface area contributed by atoms with E-state index >= 15 is 0 Å². The molecule has 0 saturated heterocycles. The van der Waals surface area contributed by atoms with Crippen LogP contribution in [0.1, 0.15) is 35.7 Å². The average Bonchev–Trinajstić information content (AvgIpc) is 3.12. The number of hydrogen-bond acceptors (Lipinski definition) is 3. The average molecular weight is 435 g/mol. The second-order valence-electron chi connectivity index (χ2n) is 6.91. The van der Waals surface area contributed by atoms with E-state index < -0.39 is 0 Å². The summed E-state index contributed by atoms with van der Waals surface area (Å²) in [5.41, 5.74) is 5.02. The molecule has 1 N–H and O–H groups in total. The molecule has 0 saturated carbocycles. The smallest absolute Gasteiger partial charge is 0.256 e. The summed E-state index contributed by atoms with van der Waals surface area (Å²) in [4.78, 5) is 17.0. The van der Waals surface area contributed by atoms with Gasteiger partial charge in [-0.3, -0.25) is 4.79 Å². The molecule has 28 heavy (non-hydrogen) atoms. The number of halogens is 1. The summed E-state index contributed by atoms with van der Waals surface area (Å²) in [6.07, 6.45) is 0. The van der Waals surface area contributed by atoms with Crippen LogP contribution in [0.3, 0.4) is 0 Å². The highest BCUT2D eigenvalue weighted by Gasteiger charge is 2.12. The van der Waals surface area contributed by atoms with Crippen molar-refractivity contribution >= 4 is 38.6 Å². The van der Waals surface area contributed by atoms with Crippen molar-refractivity contribution in [1.82, 2.24) is 4.98 Å². The molecule has 0 radical (unpaired) electrons. The molecule has 0 spiro atoms. The van der Waals surface area contributed by atoms with E-state index in [0.29, 0.717) is 23.1 Å². The third-order valence-electron chi connectivity index (χ3n) is 4.59. The zero-order chi connectivity index (χ0) is 19.7. The zero-order valence-electron chi connectivity index (χ0n) is 15.6. The second-order valence-corrected chi connectivity index (χ2v) is 7.77. The number of oxazole rings is 1. The molecule has 0 fully saturated rings. The van der Waals surface area contributed by atoms with Crippen LogP contribution in [-0.4, -0.2) is 10.9 Å². The standard InChI is InChI=1S/C23H19BrN2O2/c1-14(2)16-9-12-21-20(13-16)26-23(28-21)15-7-10-17(11-8-15)25-22(27)18-5-3-4-6-19(18)24/h3-14H,1-2H3,(H,25,27). The fraction of sp³-hybridized carbons (Fsp3) is 0.130. The van der Waals surface area contributed by atoms with Crippen molar-refractivity contribution < 1.29 is 9.21 Å². The van der Waals surface area contributed by atoms with Gasteiger partial charge in [0, 0.05) is 15.7 Å². The summed E-state index contributed by atoms with van der Waals surface area (Å²) in [5.74, 6) is 0.847. The Hall–Kier alpha value is -2.92. The number of nitrogens with one attached hydrogen (secondary N) is 1. The predicted octanol–water partition coefficient (Wildman–Crippen LogP) is 6.63. The molecule has 3 aromatic carbocycles. The number of benzene rings is 3. The highest BCUT2D eigenvalue weighted by Crippen LogP contribution is 2.28. The third kappa shape index (κ3) is 3.71. The predicted molar refractivity (Wildman–Crippen MR) is 116 cm³/mol. The molecule has 4 rings (SSSR count). The molecule has 1 amide bonds. The highest BCUT2D eigenvalue weighted by atomic mass is 79.9. The molecule has 0 aliphatic carbocycles. The number of aromatic nitrogens is 1. The molecule has 4 nitrogen and oxygen atoms in total. The number of carbonyl (C=O) groups excluding carboxylic acids is 1. The zero-order valence-corrected chi connectivity index (χ0v) is 17.2. The van der Waals surface area contributed by atoms with E-state index in [1.807, 2.05) is 48.5 Å². The topological polar surface area (TPSA) is 55.1 Å². The monoisotopic (exact) mass is 434 g/mol. The first kappa shape index (κ1) is 18.4. The van der Waals surface area contributed by atoms with Crippen LogP contribution in [0.4, 0.5) is 5.69 Å². The van der Waals surface area contributed by atoms with Crippen LogP contribution >= 0.6 is 15.9 Å². The molecule has 0 bridgehead atoms. The second kappa shape index (κ2) is 7.60. The van der Waals surface area contributed by atoms with Crippen molar-refractivity contribution in [2.45, 2.75) is 19.8 Å². The summed E-state index contributed by atoms with van der Waals surface area (Å²) in [5, 5.41) is 2.90. The Morgan fingerprint density at radius 3 is 2.50 bits per heavy atom. The minimum atomic E-state index is -0.164. The molecule has 1 aromatic heterocycles. The number of nitrogens with zero attached hydrogens (tertiary/aromatic N) is 1. The summed E-state index contributed by atoms with van der Waals surface area (Å²) in [6, 6.07) is 20.9. The van der Waals surface area contributed by atoms with Crippen LogP contribution in [-0.2, 0) is 0 Å². The molecule has 0 atom stereocenters. The summed E-state index contributed by atoms with van der Waals surface area (Å²) >= 11 is 3.40. The van der Waals surface area contributed by atoms with Crippen molar-refractivity contribution in [2.75, 3.05) is 5.32 Å². The summed E-state index contributed by atoms with van der Waals surface area (Å²) in [6.45, 7) is 4.31. The quantitative estimate of drug-likeness (QED) is 0.391. The van der Waals surface area contributed by atoms with Gasteiger partial charge in [0.25, 0.3) is 5.91 Å². The van der Waals surface area contributed by atoms with Gasteiger partial charge in [0.1, 0.15) is 5.52 Å². The van der Waals surface area contributed by atoms with Crippen LogP contribution < -0.4 is 5.32 Å². The molecule has 0 aliphatic heterocycles. The maximum atomic E-state index is 12.4. The van der Waals surface area contributed by atoms with Crippen LogP contribution in [0.5, 0.6) is 0 Å². The van der Waals surface area contributed by atoms with E-state index in [1.165, 1.54) is 5.56 Å². The summed E-state index contributed by atoms with van der Waals surface area (Å²) < 4.78 is 6.65. The minimum absolute atomic E-state index is 0.164. The van der Waals surface area contributed by atoms with E-state index in [-0.39, 0.29) is 5.91 Å². The first-order valence-electron chi connectivity index (χ1n) is 9.08. The fourth-order valence-electron chi connectivity index (χ4n) is 2.97. The van der Waals surface area contributed by atoms with Crippen molar-refractivity contribution in [2.24, 2.45) is 0 Å². The largest absolute Gasteiger partial charge is 0.436 e. The Labute approximate surface area is 171 Å². The maximum absolute atomic E-state index is 12.4. The van der Waals surface area contributed by atoms with Gasteiger partial charge >= 0.3 is 0 Å². The number of anilines is 1. The molecular weight excluding hydrogens is 416 g/mol. The van der Waals surface area contributed by atoms with Crippen LogP contribution in [0.25, 0.3) is 22.6 Å². The SMILES string of the molecule is CC(C)c1ccc2oc(-c3ccc(NC(=O)c4ccccc4Br)cc3)nc2c1. The molecule has 5 heteroatoms. The van der Waals surface area contributed by atoms with Gasteiger partial charge in [-0.05, 0) is 75.9 Å². The normalized spacial score (nSPS) is 11.1. The van der Waals surface area contributed by atoms with Gasteiger partial charge in [-0.1, -0.05) is 32.0 Å². The van der Waals surface area contributed by atoms with Crippen molar-refractivity contribution in [3.05, 3.63) is 82.3 Å². The molecular formula is C23H19BrN2O2. The lowest BCUT2D eigenvalue weighted by molar-refractivity contribution is 0.102. The van der Waals surface area contributed by atoms with Crippen LogP contribution in [0.15, 0.2) is 75.6 Å². The van der Waals surface area contributed by atoms with Crippen molar-refractivity contribution in [3.8, 4) is 11.5 Å². The Kier molecular flexibility index (Phi) is 5.01. The first-order chi connectivity index (χ1) is 13.5. The minimum Gasteiger partial charge on any atom is -0.436 e. The van der Waals surface area contributed by atoms with Crippen LogP contribution in [0, 0.1) is 0 Å². The van der Waals surface area contributed by atoms with Gasteiger partial charge < -0.3 is 9.73 Å². The lowest BCUT2D eigenvalue weighted by atomic mass is 10.0. The van der Waals surface area contributed by atoms with Gasteiger partial charge in [0.15, 0.2) is 5.58 Å². The lowest BCUT2D eigenvalue weighted by Crippen LogP contribution is -2.12. The number of fused-ring (bicyclic) bond motifs is 1. The van der Waals surface area contributed by atoms with E-state index in [2.05, 4.69) is 52.2 Å². The van der Waals surface area contributed by atoms with Crippen molar-refractivity contribution in [3.63, 3.8) is 0 Å².